The number of benzene rings is 10. The summed E-state index contributed by atoms with van der Waals surface area (Å²) >= 11 is 1.88. The number of nitrogens with zero attached hydrogens (tertiary/aromatic N) is 1. The third kappa shape index (κ3) is 4.91. The molecule has 0 N–H and O–H groups in total. The summed E-state index contributed by atoms with van der Waals surface area (Å²) in [5, 5.41) is 0. The zero-order valence-electron chi connectivity index (χ0n) is 35.3. The van der Waals surface area contributed by atoms with Gasteiger partial charge in [-0.1, -0.05) is 194 Å². The van der Waals surface area contributed by atoms with Gasteiger partial charge in [-0.2, -0.15) is 0 Å². The summed E-state index contributed by atoms with van der Waals surface area (Å²) in [6, 6.07) is 87.5. The number of rotatable bonds is 4. The third-order valence-electron chi connectivity index (χ3n) is 14.4. The van der Waals surface area contributed by atoms with Crippen molar-refractivity contribution in [2.75, 3.05) is 4.90 Å². The van der Waals surface area contributed by atoms with Crippen molar-refractivity contribution in [3.05, 3.63) is 281 Å². The molecule has 0 aromatic heterocycles. The molecule has 0 saturated heterocycles. The Bertz CT molecular complexity index is 3500. The Balaban J connectivity index is 1.05. The summed E-state index contributed by atoms with van der Waals surface area (Å²) in [7, 11) is 0. The van der Waals surface area contributed by atoms with Gasteiger partial charge >= 0.3 is 0 Å². The number of ether oxygens (including phenoxy) is 1. The molecule has 0 fully saturated rings. The minimum atomic E-state index is -0.596. The average Bonchev–Trinajstić information content (AvgIpc) is 3.82. The molecule has 0 bridgehead atoms. The second-order valence-electron chi connectivity index (χ2n) is 17.5. The Hall–Kier alpha value is -7.85. The number of fused-ring (bicyclic) bond motifs is 18. The number of hydrogen-bond donors (Lipinski definition) is 0. The number of hydrogen-bond acceptors (Lipinski definition) is 3. The zero-order chi connectivity index (χ0) is 42.7. The zero-order valence-corrected chi connectivity index (χ0v) is 36.1. The maximum atomic E-state index is 6.73. The van der Waals surface area contributed by atoms with Crippen molar-refractivity contribution in [3.63, 3.8) is 0 Å². The fourth-order valence-corrected chi connectivity index (χ4v) is 13.1. The maximum absolute atomic E-state index is 6.73. The fraction of sp³-hybridized carbons (Fsp3) is 0.0323. The van der Waals surface area contributed by atoms with E-state index < -0.39 is 10.8 Å². The van der Waals surface area contributed by atoms with E-state index >= 15 is 0 Å². The lowest BCUT2D eigenvalue weighted by molar-refractivity contribution is 0.436. The third-order valence-corrected chi connectivity index (χ3v) is 15.6. The van der Waals surface area contributed by atoms with Crippen molar-refractivity contribution in [1.82, 2.24) is 0 Å². The molecule has 3 heteroatoms. The van der Waals surface area contributed by atoms with Gasteiger partial charge in [0.15, 0.2) is 0 Å². The highest BCUT2D eigenvalue weighted by Crippen LogP contribution is 2.65. The van der Waals surface area contributed by atoms with E-state index in [-0.39, 0.29) is 0 Å². The Morgan fingerprint density at radius 3 is 1.42 bits per heavy atom. The van der Waals surface area contributed by atoms with Gasteiger partial charge in [-0.15, -0.1) is 0 Å². The van der Waals surface area contributed by atoms with Crippen LogP contribution in [0.4, 0.5) is 17.1 Å². The van der Waals surface area contributed by atoms with Gasteiger partial charge in [0.25, 0.3) is 0 Å². The molecule has 304 valence electrons. The van der Waals surface area contributed by atoms with Gasteiger partial charge in [0, 0.05) is 37.9 Å². The Kier molecular flexibility index (Phi) is 7.79. The lowest BCUT2D eigenvalue weighted by Crippen LogP contribution is -2.32. The van der Waals surface area contributed by atoms with Crippen LogP contribution in [0, 0.1) is 0 Å². The molecule has 0 saturated carbocycles. The molecule has 14 rings (SSSR count). The van der Waals surface area contributed by atoms with Crippen LogP contribution in [0.1, 0.15) is 44.5 Å². The molecule has 10 aromatic rings. The van der Waals surface area contributed by atoms with Gasteiger partial charge in [-0.3, -0.25) is 0 Å². The molecule has 65 heavy (non-hydrogen) atoms. The van der Waals surface area contributed by atoms with E-state index in [9.17, 15) is 0 Å². The monoisotopic (exact) mass is 845 g/mol. The quantitative estimate of drug-likeness (QED) is 0.175. The van der Waals surface area contributed by atoms with E-state index in [0.29, 0.717) is 0 Å². The molecular weight excluding hydrogens is 807 g/mol. The molecule has 10 aromatic carbocycles. The van der Waals surface area contributed by atoms with Crippen molar-refractivity contribution in [3.8, 4) is 44.9 Å². The fourth-order valence-electron chi connectivity index (χ4n) is 11.9. The van der Waals surface area contributed by atoms with Gasteiger partial charge in [-0.05, 0) is 116 Å². The van der Waals surface area contributed by atoms with Crippen LogP contribution in [-0.2, 0) is 10.8 Å². The Morgan fingerprint density at radius 2 is 0.754 bits per heavy atom. The Labute approximate surface area is 383 Å². The molecule has 2 spiro atoms. The van der Waals surface area contributed by atoms with E-state index in [1.54, 1.807) is 0 Å². The van der Waals surface area contributed by atoms with Crippen molar-refractivity contribution in [2.45, 2.75) is 20.6 Å². The summed E-state index contributed by atoms with van der Waals surface area (Å²) in [6.45, 7) is 0. The highest BCUT2D eigenvalue weighted by atomic mass is 32.2. The first-order valence-electron chi connectivity index (χ1n) is 22.4. The van der Waals surface area contributed by atoms with Crippen molar-refractivity contribution in [1.29, 1.82) is 0 Å². The predicted octanol–water partition coefficient (Wildman–Crippen LogP) is 16.1. The Morgan fingerprint density at radius 1 is 0.308 bits per heavy atom. The molecule has 2 nitrogen and oxygen atoms in total. The smallest absolute Gasteiger partial charge is 0.132 e. The van der Waals surface area contributed by atoms with Crippen LogP contribution in [-0.4, -0.2) is 0 Å². The average molecular weight is 846 g/mol. The molecule has 0 unspecified atom stereocenters. The van der Waals surface area contributed by atoms with Gasteiger partial charge in [0.1, 0.15) is 11.5 Å². The van der Waals surface area contributed by atoms with Crippen LogP contribution in [0.15, 0.2) is 246 Å². The van der Waals surface area contributed by atoms with Gasteiger partial charge in [-0.25, -0.2) is 0 Å². The summed E-state index contributed by atoms with van der Waals surface area (Å²) in [6.07, 6.45) is 0. The number of para-hydroxylation sites is 3. The molecule has 4 aliphatic rings. The van der Waals surface area contributed by atoms with Crippen LogP contribution in [0.2, 0.25) is 0 Å². The van der Waals surface area contributed by atoms with Crippen LogP contribution in [0.3, 0.4) is 0 Å². The molecule has 2 aliphatic carbocycles. The molecule has 2 aliphatic heterocycles. The van der Waals surface area contributed by atoms with E-state index in [2.05, 4.69) is 241 Å². The van der Waals surface area contributed by atoms with Gasteiger partial charge < -0.3 is 9.64 Å². The van der Waals surface area contributed by atoms with Crippen molar-refractivity contribution in [2.24, 2.45) is 0 Å². The maximum Gasteiger partial charge on any atom is 0.132 e. The minimum absolute atomic E-state index is 0.453. The highest BCUT2D eigenvalue weighted by Gasteiger charge is 2.52. The van der Waals surface area contributed by atoms with Gasteiger partial charge in [0.05, 0.1) is 16.5 Å². The standard InChI is InChI=1S/C62H39NOS/c1-2-18-40(19-3-1)43-20-6-13-29-56(43)63(41-35-37-50-47(38-41)45-22-5-8-24-49(45)61(50)53-27-11-16-32-59(53)65-60-33-17-12-28-54(60)61)42-34-36-46-44-21-4-7-23-48(44)62(55(46)39-42)51-25-9-14-30-57(51)64-58-31-15-10-26-52(58)62/h1-39H. The van der Waals surface area contributed by atoms with E-state index in [1.165, 1.54) is 71.0 Å². The lowest BCUT2D eigenvalue weighted by atomic mass is 9.66. The summed E-state index contributed by atoms with van der Waals surface area (Å²) in [4.78, 5) is 5.12. The summed E-state index contributed by atoms with van der Waals surface area (Å²) < 4.78 is 6.73. The normalized spacial score (nSPS) is 14.5. The molecular formula is C62H39NOS. The first kappa shape index (κ1) is 36.6. The van der Waals surface area contributed by atoms with Gasteiger partial charge in [0.2, 0.25) is 0 Å². The molecule has 0 amide bonds. The van der Waals surface area contributed by atoms with Crippen LogP contribution < -0.4 is 9.64 Å². The van der Waals surface area contributed by atoms with Crippen molar-refractivity contribution < 1.29 is 4.74 Å². The van der Waals surface area contributed by atoms with Crippen LogP contribution in [0.5, 0.6) is 11.5 Å². The van der Waals surface area contributed by atoms with E-state index in [0.717, 1.165) is 45.3 Å². The minimum Gasteiger partial charge on any atom is -0.457 e. The van der Waals surface area contributed by atoms with Crippen LogP contribution >= 0.6 is 11.8 Å². The van der Waals surface area contributed by atoms with Crippen LogP contribution in [0.25, 0.3) is 33.4 Å². The molecule has 2 heterocycles. The molecule has 0 radical (unpaired) electrons. The largest absolute Gasteiger partial charge is 0.457 e. The molecule has 0 atom stereocenters. The SMILES string of the molecule is c1ccc(-c2ccccc2N(c2ccc3c(c2)-c2ccccc2C32c3ccccc3Sc3ccccc32)c2ccc3c(c2)C2(c4ccccc4Oc4ccccc42)c2ccccc2-3)cc1. The number of anilines is 3. The topological polar surface area (TPSA) is 12.5 Å². The first-order chi connectivity index (χ1) is 32.2. The highest BCUT2D eigenvalue weighted by molar-refractivity contribution is 7.99. The second-order valence-corrected chi connectivity index (χ2v) is 18.5. The first-order valence-corrected chi connectivity index (χ1v) is 23.2. The predicted molar refractivity (Wildman–Crippen MR) is 265 cm³/mol. The van der Waals surface area contributed by atoms with Crippen molar-refractivity contribution >= 4 is 28.8 Å². The van der Waals surface area contributed by atoms with E-state index in [1.807, 2.05) is 11.8 Å². The summed E-state index contributed by atoms with van der Waals surface area (Å²) in [5.74, 6) is 1.78. The lowest BCUT2D eigenvalue weighted by Gasteiger charge is -2.40. The summed E-state index contributed by atoms with van der Waals surface area (Å²) in [5.41, 5.74) is 19.8. The van der Waals surface area contributed by atoms with E-state index in [4.69, 9.17) is 4.74 Å². The second kappa shape index (κ2) is 13.8.